The van der Waals surface area contributed by atoms with Crippen LogP contribution < -0.4 is 0 Å². The van der Waals surface area contributed by atoms with Gasteiger partial charge >= 0.3 is 10.4 Å². The van der Waals surface area contributed by atoms with Crippen LogP contribution >= 0.6 is 0 Å². The fourth-order valence-electron chi connectivity index (χ4n) is 0.347. The highest BCUT2D eigenvalue weighted by Crippen LogP contribution is 2.06. The molecular weight excluding hydrogens is 182 g/mol. The molecule has 7 heteroatoms. The smallest absolute Gasteiger partial charge is 0.215 e. The first kappa shape index (κ1) is 10.7. The molecule has 0 bridgehead atoms. The molecule has 0 aromatic heterocycles. The number of halogens is 2. The molecule has 0 fully saturated rings. The third kappa shape index (κ3) is 6.14. The summed E-state index contributed by atoms with van der Waals surface area (Å²) in [7, 11) is -4.53. The summed E-state index contributed by atoms with van der Waals surface area (Å²) in [6, 6.07) is 0. The van der Waals surface area contributed by atoms with Crippen LogP contribution in [0.15, 0.2) is 0 Å². The lowest BCUT2D eigenvalue weighted by Crippen LogP contribution is -2.17. The van der Waals surface area contributed by atoms with E-state index < -0.39 is 23.1 Å². The second kappa shape index (κ2) is 3.93. The monoisotopic (exact) mass is 190 g/mol. The summed E-state index contributed by atoms with van der Waals surface area (Å²) in [6.45, 7) is 1.67. The molecule has 0 spiro atoms. The lowest BCUT2D eigenvalue weighted by molar-refractivity contribution is 0.0284. The van der Waals surface area contributed by atoms with Gasteiger partial charge in [-0.3, -0.25) is 0 Å². The van der Waals surface area contributed by atoms with E-state index in [0.29, 0.717) is 0 Å². The summed E-state index contributed by atoms with van der Waals surface area (Å²) in [5, 5.41) is 0. The predicted molar refractivity (Wildman–Crippen MR) is 32.2 cm³/mol. The Bertz CT molecular complexity index is 182. The second-order valence-corrected chi connectivity index (χ2v) is 2.89. The zero-order chi connectivity index (χ0) is 9.07. The van der Waals surface area contributed by atoms with Gasteiger partial charge in [-0.2, -0.15) is 8.42 Å². The van der Waals surface area contributed by atoms with Crippen molar-refractivity contribution in [2.75, 3.05) is 0 Å². The topological polar surface area (TPSA) is 52.6 Å². The molecule has 2 atom stereocenters. The van der Waals surface area contributed by atoms with E-state index >= 15 is 0 Å². The summed E-state index contributed by atoms with van der Waals surface area (Å²) < 4.78 is 51.5. The van der Waals surface area contributed by atoms with E-state index in [-0.39, 0.29) is 0 Å². The third-order valence-corrected chi connectivity index (χ3v) is 1.50. The quantitative estimate of drug-likeness (QED) is 0.660. The van der Waals surface area contributed by atoms with Crippen molar-refractivity contribution in [3.8, 4) is 0 Å². The van der Waals surface area contributed by atoms with Crippen molar-refractivity contribution in [3.63, 3.8) is 0 Å². The summed E-state index contributed by atoms with van der Waals surface area (Å²) >= 11 is 0. The van der Waals surface area contributed by atoms with E-state index in [2.05, 4.69) is 8.37 Å². The molecule has 68 valence electrons. The van der Waals surface area contributed by atoms with E-state index in [1.807, 2.05) is 0 Å². The summed E-state index contributed by atoms with van der Waals surface area (Å²) in [5.41, 5.74) is 0. The molecule has 0 aliphatic rings. The van der Waals surface area contributed by atoms with Gasteiger partial charge in [-0.05, 0) is 13.8 Å². The van der Waals surface area contributed by atoms with Gasteiger partial charge in [-0.25, -0.2) is 17.1 Å². The van der Waals surface area contributed by atoms with Crippen LogP contribution in [0.3, 0.4) is 0 Å². The lowest BCUT2D eigenvalue weighted by Gasteiger charge is -2.05. The number of hydrogen-bond donors (Lipinski definition) is 0. The highest BCUT2D eigenvalue weighted by atomic mass is 32.3. The lowest BCUT2D eigenvalue weighted by atomic mass is 10.8. The average molecular weight is 190 g/mol. The van der Waals surface area contributed by atoms with Crippen molar-refractivity contribution in [1.29, 1.82) is 0 Å². The number of hydrogen-bond acceptors (Lipinski definition) is 4. The Kier molecular flexibility index (Phi) is 3.84. The molecule has 4 nitrogen and oxygen atoms in total. The molecule has 0 saturated carbocycles. The van der Waals surface area contributed by atoms with Crippen LogP contribution in [0, 0.1) is 0 Å². The van der Waals surface area contributed by atoms with Crippen molar-refractivity contribution in [1.82, 2.24) is 0 Å². The molecular formula is C4H8F2O4S. The van der Waals surface area contributed by atoms with Gasteiger partial charge in [0.1, 0.15) is 0 Å². The number of alkyl halides is 2. The second-order valence-electron chi connectivity index (χ2n) is 1.69. The molecule has 0 aliphatic heterocycles. The van der Waals surface area contributed by atoms with Gasteiger partial charge in [-0.1, -0.05) is 0 Å². The maximum atomic E-state index is 11.8. The molecule has 0 aliphatic carbocycles. The largest absolute Gasteiger partial charge is 0.405 e. The van der Waals surface area contributed by atoms with Crippen LogP contribution in [0.4, 0.5) is 8.78 Å². The fourth-order valence-corrected chi connectivity index (χ4v) is 1.04. The standard InChI is InChI=1S/C4H8F2O4S/c1-3(5)9-11(7,8)10-4(2)6/h3-4H,1-2H3. The highest BCUT2D eigenvalue weighted by Gasteiger charge is 2.19. The van der Waals surface area contributed by atoms with Crippen LogP contribution in [0.2, 0.25) is 0 Å². The van der Waals surface area contributed by atoms with Crippen LogP contribution in [0.5, 0.6) is 0 Å². The van der Waals surface area contributed by atoms with Crippen molar-refractivity contribution in [3.05, 3.63) is 0 Å². The van der Waals surface area contributed by atoms with Crippen LogP contribution in [0.25, 0.3) is 0 Å². The van der Waals surface area contributed by atoms with Gasteiger partial charge in [0.2, 0.25) is 12.7 Å². The summed E-state index contributed by atoms with van der Waals surface area (Å²) in [4.78, 5) is 0. The molecule has 0 aromatic rings. The molecule has 0 radical (unpaired) electrons. The van der Waals surface area contributed by atoms with Gasteiger partial charge in [0.15, 0.2) is 0 Å². The van der Waals surface area contributed by atoms with Gasteiger partial charge in [0.25, 0.3) is 0 Å². The Morgan fingerprint density at radius 2 is 1.36 bits per heavy atom. The van der Waals surface area contributed by atoms with Crippen LogP contribution in [-0.4, -0.2) is 21.1 Å². The first-order valence-electron chi connectivity index (χ1n) is 2.73. The van der Waals surface area contributed by atoms with Gasteiger partial charge in [-0.15, -0.1) is 0 Å². The van der Waals surface area contributed by atoms with Gasteiger partial charge in [0.05, 0.1) is 0 Å². The minimum Gasteiger partial charge on any atom is -0.215 e. The minimum absolute atomic E-state index is 0.837. The van der Waals surface area contributed by atoms with Crippen LogP contribution in [0.1, 0.15) is 13.8 Å². The van der Waals surface area contributed by atoms with E-state index in [1.54, 1.807) is 0 Å². The highest BCUT2D eigenvalue weighted by molar-refractivity contribution is 7.81. The first-order valence-corrected chi connectivity index (χ1v) is 4.06. The molecule has 11 heavy (non-hydrogen) atoms. The first-order chi connectivity index (χ1) is 4.83. The van der Waals surface area contributed by atoms with Crippen molar-refractivity contribution in [2.45, 2.75) is 26.6 Å². The normalized spacial score (nSPS) is 17.8. The average Bonchev–Trinajstić information content (AvgIpc) is 1.53. The maximum absolute atomic E-state index is 11.8. The van der Waals surface area contributed by atoms with E-state index in [1.165, 1.54) is 0 Å². The van der Waals surface area contributed by atoms with E-state index in [9.17, 15) is 17.2 Å². The predicted octanol–water partition coefficient (Wildman–Crippen LogP) is 0.895. The Morgan fingerprint density at radius 1 is 1.09 bits per heavy atom. The molecule has 2 unspecified atom stereocenters. The number of rotatable bonds is 4. The van der Waals surface area contributed by atoms with Crippen LogP contribution in [-0.2, 0) is 18.8 Å². The van der Waals surface area contributed by atoms with Crippen molar-refractivity contribution < 1.29 is 25.6 Å². The Morgan fingerprint density at radius 3 is 1.55 bits per heavy atom. The molecule has 0 heterocycles. The SMILES string of the molecule is CC(F)OS(=O)(=O)OC(C)F. The van der Waals surface area contributed by atoms with E-state index in [0.717, 1.165) is 13.8 Å². The van der Waals surface area contributed by atoms with Crippen molar-refractivity contribution in [2.24, 2.45) is 0 Å². The zero-order valence-corrected chi connectivity index (χ0v) is 6.77. The summed E-state index contributed by atoms with van der Waals surface area (Å²) in [5.74, 6) is 0. The zero-order valence-electron chi connectivity index (χ0n) is 5.95. The fraction of sp³-hybridized carbons (Fsp3) is 1.00. The maximum Gasteiger partial charge on any atom is 0.405 e. The van der Waals surface area contributed by atoms with E-state index in [4.69, 9.17) is 0 Å². The van der Waals surface area contributed by atoms with Crippen molar-refractivity contribution >= 4 is 10.4 Å². The van der Waals surface area contributed by atoms with Gasteiger partial charge < -0.3 is 0 Å². The summed E-state index contributed by atoms with van der Waals surface area (Å²) in [6.07, 6.45) is -4.09. The molecule has 0 rings (SSSR count). The van der Waals surface area contributed by atoms with Gasteiger partial charge in [0, 0.05) is 0 Å². The molecule has 0 amide bonds. The molecule has 0 saturated heterocycles. The third-order valence-electron chi connectivity index (χ3n) is 0.501. The minimum atomic E-state index is -4.53. The Hall–Kier alpha value is -0.270. The Balaban J connectivity index is 4.03. The Labute approximate surface area is 63.4 Å². The molecule has 0 aromatic carbocycles. The molecule has 0 N–H and O–H groups in total.